The molecule has 2 heterocycles. The lowest BCUT2D eigenvalue weighted by Crippen LogP contribution is -2.53. The highest BCUT2D eigenvalue weighted by Gasteiger charge is 2.38. The first-order valence-electron chi connectivity index (χ1n) is 11.6. The minimum absolute atomic E-state index is 0.0288. The number of hydrogen-bond donors (Lipinski definition) is 2. The van der Waals surface area contributed by atoms with Gasteiger partial charge in [-0.25, -0.2) is 13.2 Å². The maximum absolute atomic E-state index is 13.8. The number of piperazine rings is 1. The summed E-state index contributed by atoms with van der Waals surface area (Å²) in [5, 5.41) is 12.6. The van der Waals surface area contributed by atoms with Crippen LogP contribution in [0.4, 0.5) is 5.69 Å². The first-order chi connectivity index (χ1) is 17.9. The number of fused-ring (bicyclic) bond motifs is 1. The number of hydrogen-bond acceptors (Lipinski definition) is 6. The molecule has 0 aliphatic carbocycles. The van der Waals surface area contributed by atoms with Crippen LogP contribution in [0.3, 0.4) is 0 Å². The number of nitrogens with zero attached hydrogens (tertiary/aromatic N) is 4. The number of aromatic nitrogens is 1. The van der Waals surface area contributed by atoms with Crippen molar-refractivity contribution >= 4 is 32.8 Å². The highest BCUT2D eigenvalue weighted by molar-refractivity contribution is 7.89. The fourth-order valence-electron chi connectivity index (χ4n) is 4.47. The van der Waals surface area contributed by atoms with Crippen LogP contribution in [0.25, 0.3) is 11.1 Å². The lowest BCUT2D eigenvalue weighted by atomic mass is 10.0. The number of aromatic amines is 1. The molecule has 1 aliphatic heterocycles. The number of aliphatic imine (C=N–C) groups is 1. The molecule has 10 nitrogen and oxygen atoms in total. The monoisotopic (exact) mass is 516 g/mol. The highest BCUT2D eigenvalue weighted by Crippen LogP contribution is 2.32. The third-order valence-corrected chi connectivity index (χ3v) is 8.27. The summed E-state index contributed by atoms with van der Waals surface area (Å²) in [5.41, 5.74) is 3.20. The van der Waals surface area contributed by atoms with Gasteiger partial charge < -0.3 is 14.6 Å². The SMILES string of the molecule is Cc1ccccc1N/C(=N\C#N)N1CCN(S(=O)(=O)c2ccc3[nH]c(=O)oc3c2)C(c2ccccc2)C1. The molecule has 1 fully saturated rings. The number of oxazole rings is 1. The second kappa shape index (κ2) is 9.93. The van der Waals surface area contributed by atoms with Gasteiger partial charge >= 0.3 is 5.76 Å². The van der Waals surface area contributed by atoms with E-state index < -0.39 is 21.8 Å². The molecule has 5 rings (SSSR count). The van der Waals surface area contributed by atoms with Crippen molar-refractivity contribution in [1.82, 2.24) is 14.2 Å². The Balaban J connectivity index is 1.50. The Morgan fingerprint density at radius 3 is 2.62 bits per heavy atom. The predicted octanol–water partition coefficient (Wildman–Crippen LogP) is 3.43. The van der Waals surface area contributed by atoms with Crippen LogP contribution < -0.4 is 11.1 Å². The van der Waals surface area contributed by atoms with E-state index in [0.29, 0.717) is 18.0 Å². The Kier molecular flexibility index (Phi) is 6.52. The molecule has 37 heavy (non-hydrogen) atoms. The standard InChI is InChI=1S/C26H24N6O4S/c1-18-7-5-6-10-21(18)29-25(28-17-27)31-13-14-32(23(16-31)19-8-3-2-4-9-19)37(34,35)20-11-12-22-24(15-20)36-26(33)30-22/h2-12,15,23H,13-14,16H2,1H3,(H,28,29)(H,30,33). The molecule has 1 aliphatic rings. The largest absolute Gasteiger partial charge is 0.417 e. The molecule has 2 N–H and O–H groups in total. The number of guanidine groups is 1. The van der Waals surface area contributed by atoms with Crippen molar-refractivity contribution in [3.05, 3.63) is 94.5 Å². The molecule has 1 saturated heterocycles. The van der Waals surface area contributed by atoms with Gasteiger partial charge in [-0.15, -0.1) is 4.99 Å². The van der Waals surface area contributed by atoms with Gasteiger partial charge in [-0.2, -0.15) is 9.57 Å². The van der Waals surface area contributed by atoms with Gasteiger partial charge in [-0.05, 0) is 36.2 Å². The molecule has 0 amide bonds. The zero-order valence-electron chi connectivity index (χ0n) is 20.0. The minimum atomic E-state index is -3.96. The van der Waals surface area contributed by atoms with E-state index in [0.717, 1.165) is 16.8 Å². The van der Waals surface area contributed by atoms with Crippen molar-refractivity contribution in [3.8, 4) is 6.19 Å². The Labute approximate surface area is 213 Å². The van der Waals surface area contributed by atoms with E-state index in [1.807, 2.05) is 72.6 Å². The first kappa shape index (κ1) is 24.3. The summed E-state index contributed by atoms with van der Waals surface area (Å²) >= 11 is 0. The van der Waals surface area contributed by atoms with Gasteiger partial charge in [0.25, 0.3) is 0 Å². The smallest absolute Gasteiger partial charge is 0.408 e. The minimum Gasteiger partial charge on any atom is -0.408 e. The van der Waals surface area contributed by atoms with Crippen LogP contribution in [-0.2, 0) is 10.0 Å². The molecule has 188 valence electrons. The predicted molar refractivity (Wildman–Crippen MR) is 139 cm³/mol. The zero-order chi connectivity index (χ0) is 26.0. The number of para-hydroxylation sites is 1. The van der Waals surface area contributed by atoms with Crippen molar-refractivity contribution < 1.29 is 12.8 Å². The molecular weight excluding hydrogens is 492 g/mol. The van der Waals surface area contributed by atoms with Crippen molar-refractivity contribution in [2.45, 2.75) is 17.9 Å². The lowest BCUT2D eigenvalue weighted by molar-refractivity contribution is 0.194. The average Bonchev–Trinajstić information content (AvgIpc) is 3.29. The molecule has 0 spiro atoms. The van der Waals surface area contributed by atoms with Gasteiger partial charge in [0, 0.05) is 31.4 Å². The Bertz CT molecular complexity index is 1670. The van der Waals surface area contributed by atoms with E-state index in [2.05, 4.69) is 15.3 Å². The Morgan fingerprint density at radius 2 is 1.86 bits per heavy atom. The molecule has 0 bridgehead atoms. The van der Waals surface area contributed by atoms with Gasteiger partial charge in [-0.1, -0.05) is 48.5 Å². The molecule has 1 unspecified atom stereocenters. The summed E-state index contributed by atoms with van der Waals surface area (Å²) in [6.45, 7) is 2.68. The number of rotatable bonds is 4. The quantitative estimate of drug-likeness (QED) is 0.241. The number of benzene rings is 3. The van der Waals surface area contributed by atoms with Crippen molar-refractivity contribution in [1.29, 1.82) is 5.26 Å². The average molecular weight is 517 g/mol. The van der Waals surface area contributed by atoms with Crippen LogP contribution in [0.5, 0.6) is 0 Å². The Morgan fingerprint density at radius 1 is 1.11 bits per heavy atom. The van der Waals surface area contributed by atoms with E-state index in [1.165, 1.54) is 22.5 Å². The maximum atomic E-state index is 13.8. The summed E-state index contributed by atoms with van der Waals surface area (Å²) < 4.78 is 34.2. The number of nitriles is 1. The van der Waals surface area contributed by atoms with E-state index in [4.69, 9.17) is 4.42 Å². The zero-order valence-corrected chi connectivity index (χ0v) is 20.8. The molecule has 1 atom stereocenters. The summed E-state index contributed by atoms with van der Waals surface area (Å²) in [4.78, 5) is 20.0. The number of sulfonamides is 1. The summed E-state index contributed by atoms with van der Waals surface area (Å²) in [6, 6.07) is 20.8. The summed E-state index contributed by atoms with van der Waals surface area (Å²) in [6.07, 6.45) is 1.86. The van der Waals surface area contributed by atoms with Gasteiger partial charge in [0.1, 0.15) is 0 Å². The fourth-order valence-corrected chi connectivity index (χ4v) is 6.09. The molecule has 11 heteroatoms. The number of aryl methyl sites for hydroxylation is 1. The van der Waals surface area contributed by atoms with Crippen LogP contribution in [-0.4, -0.2) is 48.2 Å². The van der Waals surface area contributed by atoms with E-state index in [1.54, 1.807) is 0 Å². The van der Waals surface area contributed by atoms with Crippen molar-refractivity contribution in [2.24, 2.45) is 4.99 Å². The first-order valence-corrected chi connectivity index (χ1v) is 13.0. The van der Waals surface area contributed by atoms with Gasteiger partial charge in [0.2, 0.25) is 22.2 Å². The second-order valence-corrected chi connectivity index (χ2v) is 10.5. The van der Waals surface area contributed by atoms with Crippen LogP contribution in [0.1, 0.15) is 17.2 Å². The number of nitrogens with one attached hydrogen (secondary N) is 2. The molecule has 0 radical (unpaired) electrons. The van der Waals surface area contributed by atoms with Gasteiger partial charge in [0.05, 0.1) is 16.5 Å². The van der Waals surface area contributed by atoms with Crippen LogP contribution in [0.15, 0.2) is 91.9 Å². The van der Waals surface area contributed by atoms with Gasteiger partial charge in [-0.3, -0.25) is 4.98 Å². The van der Waals surface area contributed by atoms with E-state index >= 15 is 0 Å². The normalized spacial score (nSPS) is 17.0. The second-order valence-electron chi connectivity index (χ2n) is 8.64. The van der Waals surface area contributed by atoms with Gasteiger partial charge in [0.15, 0.2) is 5.58 Å². The molecule has 1 aromatic heterocycles. The third kappa shape index (κ3) is 4.84. The van der Waals surface area contributed by atoms with Crippen LogP contribution in [0, 0.1) is 18.4 Å². The molecule has 3 aromatic carbocycles. The fraction of sp³-hybridized carbons (Fsp3) is 0.192. The van der Waals surface area contributed by atoms with Crippen molar-refractivity contribution in [2.75, 3.05) is 25.0 Å². The lowest BCUT2D eigenvalue weighted by Gasteiger charge is -2.41. The Hall–Kier alpha value is -4.40. The van der Waals surface area contributed by atoms with Crippen LogP contribution >= 0.6 is 0 Å². The van der Waals surface area contributed by atoms with E-state index in [-0.39, 0.29) is 23.6 Å². The molecular formula is C26H24N6O4S. The number of anilines is 1. The molecule has 4 aromatic rings. The summed E-state index contributed by atoms with van der Waals surface area (Å²) in [5.74, 6) is -0.295. The molecule has 0 saturated carbocycles. The summed E-state index contributed by atoms with van der Waals surface area (Å²) in [7, 11) is -3.96. The van der Waals surface area contributed by atoms with E-state index in [9.17, 15) is 18.5 Å². The topological polar surface area (TPSA) is 135 Å². The van der Waals surface area contributed by atoms with Crippen LogP contribution in [0.2, 0.25) is 0 Å². The number of H-pyrrole nitrogens is 1. The highest BCUT2D eigenvalue weighted by atomic mass is 32.2. The van der Waals surface area contributed by atoms with Crippen molar-refractivity contribution in [3.63, 3.8) is 0 Å². The third-order valence-electron chi connectivity index (χ3n) is 6.36. The maximum Gasteiger partial charge on any atom is 0.417 e.